The molecule has 2 rings (SSSR count). The van der Waals surface area contributed by atoms with Crippen LogP contribution in [-0.2, 0) is 9.59 Å². The minimum Gasteiger partial charge on any atom is -0.344 e. The zero-order chi connectivity index (χ0) is 13.8. The summed E-state index contributed by atoms with van der Waals surface area (Å²) in [5.41, 5.74) is 2.08. The first-order valence-electron chi connectivity index (χ1n) is 6.79. The number of aryl methyl sites for hydroxylation is 1. The number of amides is 2. The zero-order valence-corrected chi connectivity index (χ0v) is 11.5. The van der Waals surface area contributed by atoms with Crippen LogP contribution in [0, 0.1) is 6.92 Å². The van der Waals surface area contributed by atoms with E-state index in [1.54, 1.807) is 4.90 Å². The highest BCUT2D eigenvalue weighted by Crippen LogP contribution is 2.22. The average molecular weight is 260 g/mol. The molecule has 0 bridgehead atoms. The van der Waals surface area contributed by atoms with E-state index in [0.29, 0.717) is 19.4 Å². The molecule has 19 heavy (non-hydrogen) atoms. The van der Waals surface area contributed by atoms with Crippen LogP contribution in [0.15, 0.2) is 24.3 Å². The van der Waals surface area contributed by atoms with E-state index in [-0.39, 0.29) is 17.9 Å². The number of anilines is 1. The van der Waals surface area contributed by atoms with Gasteiger partial charge in [0.25, 0.3) is 0 Å². The Balaban J connectivity index is 2.01. The van der Waals surface area contributed by atoms with Gasteiger partial charge in [-0.2, -0.15) is 0 Å². The van der Waals surface area contributed by atoms with E-state index in [0.717, 1.165) is 12.1 Å². The molecule has 0 spiro atoms. The summed E-state index contributed by atoms with van der Waals surface area (Å²) in [6.07, 6.45) is 1.96. The number of nitrogens with zero attached hydrogens (tertiary/aromatic N) is 1. The molecule has 1 atom stereocenters. The Morgan fingerprint density at radius 2 is 2.05 bits per heavy atom. The lowest BCUT2D eigenvalue weighted by molar-refractivity contribution is -0.126. The van der Waals surface area contributed by atoms with Crippen molar-refractivity contribution in [2.24, 2.45) is 0 Å². The molecule has 1 aliphatic rings. The van der Waals surface area contributed by atoms with Crippen molar-refractivity contribution in [1.82, 2.24) is 5.32 Å². The third-order valence-corrected chi connectivity index (χ3v) is 3.36. The van der Waals surface area contributed by atoms with Crippen LogP contribution in [0.3, 0.4) is 0 Å². The smallest absolute Gasteiger partial charge is 0.249 e. The van der Waals surface area contributed by atoms with Crippen LogP contribution in [0.25, 0.3) is 0 Å². The molecule has 1 N–H and O–H groups in total. The van der Waals surface area contributed by atoms with Crippen molar-refractivity contribution in [1.29, 1.82) is 0 Å². The van der Waals surface area contributed by atoms with Crippen LogP contribution in [-0.4, -0.2) is 24.4 Å². The lowest BCUT2D eigenvalue weighted by Gasteiger charge is -2.17. The fourth-order valence-electron chi connectivity index (χ4n) is 2.29. The van der Waals surface area contributed by atoms with Gasteiger partial charge in [0.2, 0.25) is 11.8 Å². The summed E-state index contributed by atoms with van der Waals surface area (Å²) in [7, 11) is 0. The molecule has 1 aromatic rings. The Bertz CT molecular complexity index is 468. The van der Waals surface area contributed by atoms with Gasteiger partial charge >= 0.3 is 0 Å². The highest BCUT2D eigenvalue weighted by molar-refractivity contribution is 6.01. The fraction of sp³-hybridized carbons (Fsp3) is 0.467. The zero-order valence-electron chi connectivity index (χ0n) is 11.5. The normalized spacial score (nSPS) is 18.7. The highest BCUT2D eigenvalue weighted by Gasteiger charge is 2.33. The van der Waals surface area contributed by atoms with E-state index < -0.39 is 0 Å². The van der Waals surface area contributed by atoms with Gasteiger partial charge in [-0.1, -0.05) is 24.6 Å². The summed E-state index contributed by atoms with van der Waals surface area (Å²) in [5.74, 6) is -0.0417. The molecule has 0 saturated carbocycles. The molecule has 1 heterocycles. The van der Waals surface area contributed by atoms with E-state index >= 15 is 0 Å². The molecule has 1 saturated heterocycles. The van der Waals surface area contributed by atoms with Gasteiger partial charge in [-0.25, -0.2) is 0 Å². The van der Waals surface area contributed by atoms with E-state index in [9.17, 15) is 9.59 Å². The molecule has 1 fully saturated rings. The standard InChI is InChI=1S/C15H20N2O2/c1-3-4-14(18)16-13-9-10-17(15(13)19)12-7-5-11(2)6-8-12/h5-8,13H,3-4,9-10H2,1-2H3,(H,16,18)/t13-/m0/s1. The van der Waals surface area contributed by atoms with Crippen molar-refractivity contribution in [3.05, 3.63) is 29.8 Å². The van der Waals surface area contributed by atoms with Gasteiger partial charge in [-0.05, 0) is 31.9 Å². The van der Waals surface area contributed by atoms with Crippen LogP contribution < -0.4 is 10.2 Å². The largest absolute Gasteiger partial charge is 0.344 e. The van der Waals surface area contributed by atoms with E-state index in [2.05, 4.69) is 5.32 Å². The number of carbonyl (C=O) groups excluding carboxylic acids is 2. The number of carbonyl (C=O) groups is 2. The van der Waals surface area contributed by atoms with Crippen molar-refractivity contribution in [3.8, 4) is 0 Å². The van der Waals surface area contributed by atoms with Gasteiger partial charge in [0, 0.05) is 18.7 Å². The molecular weight excluding hydrogens is 240 g/mol. The molecule has 1 aromatic carbocycles. The third kappa shape index (κ3) is 3.13. The number of hydrogen-bond donors (Lipinski definition) is 1. The second kappa shape index (κ2) is 5.87. The van der Waals surface area contributed by atoms with Crippen molar-refractivity contribution in [3.63, 3.8) is 0 Å². The third-order valence-electron chi connectivity index (χ3n) is 3.36. The number of nitrogens with one attached hydrogen (secondary N) is 1. The molecule has 0 aromatic heterocycles. The maximum atomic E-state index is 12.2. The van der Waals surface area contributed by atoms with Gasteiger partial charge in [0.05, 0.1) is 0 Å². The molecule has 0 radical (unpaired) electrons. The molecule has 1 aliphatic heterocycles. The predicted molar refractivity (Wildman–Crippen MR) is 75.0 cm³/mol. The minimum atomic E-state index is -0.361. The predicted octanol–water partition coefficient (Wildman–Crippen LogP) is 2.02. The summed E-state index contributed by atoms with van der Waals surface area (Å²) in [4.78, 5) is 25.5. The Morgan fingerprint density at radius 1 is 1.37 bits per heavy atom. The van der Waals surface area contributed by atoms with Crippen LogP contribution >= 0.6 is 0 Å². The minimum absolute atomic E-state index is 0.00620. The topological polar surface area (TPSA) is 49.4 Å². The van der Waals surface area contributed by atoms with Crippen molar-refractivity contribution < 1.29 is 9.59 Å². The lowest BCUT2D eigenvalue weighted by Crippen LogP contribution is -2.41. The first-order valence-corrected chi connectivity index (χ1v) is 6.79. The van der Waals surface area contributed by atoms with Crippen LogP contribution in [0.1, 0.15) is 31.7 Å². The van der Waals surface area contributed by atoms with E-state index in [4.69, 9.17) is 0 Å². The molecule has 4 heteroatoms. The molecule has 0 aliphatic carbocycles. The van der Waals surface area contributed by atoms with Gasteiger partial charge in [0.1, 0.15) is 6.04 Å². The Kier molecular flexibility index (Phi) is 4.20. The van der Waals surface area contributed by atoms with Gasteiger partial charge in [-0.15, -0.1) is 0 Å². The molecular formula is C15H20N2O2. The lowest BCUT2D eigenvalue weighted by atomic mass is 10.2. The first kappa shape index (κ1) is 13.6. The Morgan fingerprint density at radius 3 is 2.68 bits per heavy atom. The molecule has 2 amide bonds. The number of hydrogen-bond acceptors (Lipinski definition) is 2. The van der Waals surface area contributed by atoms with Gasteiger partial charge in [-0.3, -0.25) is 9.59 Å². The fourth-order valence-corrected chi connectivity index (χ4v) is 2.29. The summed E-state index contributed by atoms with van der Waals surface area (Å²) in [5, 5.41) is 2.81. The summed E-state index contributed by atoms with van der Waals surface area (Å²) in [6.45, 7) is 4.64. The monoisotopic (exact) mass is 260 g/mol. The second-order valence-electron chi connectivity index (χ2n) is 4.98. The van der Waals surface area contributed by atoms with Crippen LogP contribution in [0.4, 0.5) is 5.69 Å². The maximum absolute atomic E-state index is 12.2. The molecule has 0 unspecified atom stereocenters. The van der Waals surface area contributed by atoms with Crippen molar-refractivity contribution in [2.45, 2.75) is 39.2 Å². The highest BCUT2D eigenvalue weighted by atomic mass is 16.2. The Labute approximate surface area is 113 Å². The number of rotatable bonds is 4. The summed E-state index contributed by atoms with van der Waals surface area (Å²) < 4.78 is 0. The quantitative estimate of drug-likeness (QED) is 0.900. The van der Waals surface area contributed by atoms with Crippen LogP contribution in [0.5, 0.6) is 0 Å². The molecule has 102 valence electrons. The maximum Gasteiger partial charge on any atom is 0.249 e. The summed E-state index contributed by atoms with van der Waals surface area (Å²) >= 11 is 0. The first-order chi connectivity index (χ1) is 9.11. The summed E-state index contributed by atoms with van der Waals surface area (Å²) in [6, 6.07) is 7.52. The SMILES string of the molecule is CCCC(=O)N[C@H]1CCN(c2ccc(C)cc2)C1=O. The Hall–Kier alpha value is -1.84. The molecule has 4 nitrogen and oxygen atoms in total. The van der Waals surface area contributed by atoms with E-state index in [1.807, 2.05) is 38.1 Å². The second-order valence-corrected chi connectivity index (χ2v) is 4.98. The van der Waals surface area contributed by atoms with Crippen molar-refractivity contribution >= 4 is 17.5 Å². The van der Waals surface area contributed by atoms with Crippen LogP contribution in [0.2, 0.25) is 0 Å². The van der Waals surface area contributed by atoms with Gasteiger partial charge in [0.15, 0.2) is 0 Å². The van der Waals surface area contributed by atoms with Crippen molar-refractivity contribution in [2.75, 3.05) is 11.4 Å². The number of benzene rings is 1. The van der Waals surface area contributed by atoms with Gasteiger partial charge < -0.3 is 10.2 Å². The van der Waals surface area contributed by atoms with E-state index in [1.165, 1.54) is 5.56 Å². The average Bonchev–Trinajstić information content (AvgIpc) is 2.73.